The van der Waals surface area contributed by atoms with Crippen LogP contribution in [0.3, 0.4) is 0 Å². The van der Waals surface area contributed by atoms with Gasteiger partial charge in [0.05, 0.1) is 11.1 Å². The molecule has 0 bridgehead atoms. The molecule has 12 heteroatoms. The number of carbonyl (C=O) groups excluding carboxylic acids is 1. The van der Waals surface area contributed by atoms with Crippen molar-refractivity contribution in [1.29, 1.82) is 0 Å². The molecule has 1 amide bonds. The van der Waals surface area contributed by atoms with Crippen molar-refractivity contribution >= 4 is 35.4 Å². The van der Waals surface area contributed by atoms with Crippen LogP contribution in [-0.2, 0) is 11.3 Å². The molecule has 114 valence electrons. The Morgan fingerprint density at radius 3 is 3.00 bits per heavy atom. The van der Waals surface area contributed by atoms with Crippen molar-refractivity contribution in [2.24, 2.45) is 5.10 Å². The van der Waals surface area contributed by atoms with Gasteiger partial charge in [-0.25, -0.2) is 10.1 Å². The van der Waals surface area contributed by atoms with E-state index in [2.05, 4.69) is 26.1 Å². The van der Waals surface area contributed by atoms with E-state index in [0.717, 1.165) is 4.68 Å². The topological polar surface area (TPSA) is 154 Å². The maximum Gasteiger partial charge on any atom is 0.270 e. The lowest BCUT2D eigenvalue weighted by molar-refractivity contribution is -0.384. The number of nitro groups is 1. The van der Waals surface area contributed by atoms with Gasteiger partial charge in [0.1, 0.15) is 6.54 Å². The van der Waals surface area contributed by atoms with Crippen molar-refractivity contribution in [3.8, 4) is 0 Å². The monoisotopic (exact) mass is 324 g/mol. The number of hydrazone groups is 1. The molecule has 1 aromatic carbocycles. The zero-order valence-electron chi connectivity index (χ0n) is 10.9. The fourth-order valence-corrected chi connectivity index (χ4v) is 1.58. The predicted molar refractivity (Wildman–Crippen MR) is 76.1 cm³/mol. The first kappa shape index (κ1) is 15.3. The van der Waals surface area contributed by atoms with Gasteiger partial charge in [0.15, 0.2) is 0 Å². The Morgan fingerprint density at radius 2 is 2.36 bits per heavy atom. The van der Waals surface area contributed by atoms with Crippen molar-refractivity contribution in [1.82, 2.24) is 25.6 Å². The van der Waals surface area contributed by atoms with Gasteiger partial charge in [-0.2, -0.15) is 5.10 Å². The Bertz CT molecular complexity index is 744. The summed E-state index contributed by atoms with van der Waals surface area (Å²) in [7, 11) is 0. The summed E-state index contributed by atoms with van der Waals surface area (Å²) in [5.74, 6) is -0.544. The molecule has 0 saturated heterocycles. The fourth-order valence-electron chi connectivity index (χ4n) is 1.41. The number of tetrazole rings is 1. The van der Waals surface area contributed by atoms with Gasteiger partial charge < -0.3 is 5.73 Å². The lowest BCUT2D eigenvalue weighted by atomic mass is 10.2. The summed E-state index contributed by atoms with van der Waals surface area (Å²) < 4.78 is 1.07. The molecule has 11 nitrogen and oxygen atoms in total. The van der Waals surface area contributed by atoms with Gasteiger partial charge in [-0.1, -0.05) is 16.7 Å². The lowest BCUT2D eigenvalue weighted by Gasteiger charge is -2.01. The number of nitro benzene ring substituents is 1. The molecule has 0 saturated carbocycles. The van der Waals surface area contributed by atoms with Crippen molar-refractivity contribution in [3.63, 3.8) is 0 Å². The average Bonchev–Trinajstić information content (AvgIpc) is 2.86. The molecule has 0 aliphatic rings. The van der Waals surface area contributed by atoms with E-state index < -0.39 is 10.8 Å². The van der Waals surface area contributed by atoms with Crippen LogP contribution in [0.5, 0.6) is 0 Å². The minimum Gasteiger partial charge on any atom is -0.367 e. The summed E-state index contributed by atoms with van der Waals surface area (Å²) in [4.78, 5) is 21.7. The lowest BCUT2D eigenvalue weighted by Crippen LogP contribution is -2.24. The second kappa shape index (κ2) is 6.58. The van der Waals surface area contributed by atoms with Gasteiger partial charge in [-0.05, 0) is 16.5 Å². The Labute approximate surface area is 127 Å². The molecule has 1 heterocycles. The first-order chi connectivity index (χ1) is 10.5. The van der Waals surface area contributed by atoms with Crippen LogP contribution >= 0.6 is 11.6 Å². The zero-order chi connectivity index (χ0) is 16.1. The highest BCUT2D eigenvalue weighted by atomic mass is 35.5. The van der Waals surface area contributed by atoms with Crippen LogP contribution in [0.4, 0.5) is 11.6 Å². The maximum absolute atomic E-state index is 11.6. The van der Waals surface area contributed by atoms with E-state index in [0.29, 0.717) is 0 Å². The van der Waals surface area contributed by atoms with Gasteiger partial charge in [0.25, 0.3) is 11.6 Å². The quantitative estimate of drug-likeness (QED) is 0.444. The molecule has 2 aromatic rings. The number of anilines is 1. The second-order valence-corrected chi connectivity index (χ2v) is 4.36. The third kappa shape index (κ3) is 3.73. The van der Waals surface area contributed by atoms with Crippen LogP contribution in [0.15, 0.2) is 23.3 Å². The number of hydrogen-bond donors (Lipinski definition) is 2. The van der Waals surface area contributed by atoms with E-state index in [9.17, 15) is 14.9 Å². The third-order valence-corrected chi connectivity index (χ3v) is 2.78. The number of non-ortho nitro benzene ring substituents is 1. The average molecular weight is 325 g/mol. The van der Waals surface area contributed by atoms with Crippen molar-refractivity contribution < 1.29 is 9.72 Å². The number of hydrogen-bond acceptors (Lipinski definition) is 8. The molecule has 0 spiro atoms. The second-order valence-electron chi connectivity index (χ2n) is 3.95. The molecule has 0 aliphatic heterocycles. The van der Waals surface area contributed by atoms with E-state index in [4.69, 9.17) is 17.3 Å². The fraction of sp³-hybridized carbons (Fsp3) is 0.100. The smallest absolute Gasteiger partial charge is 0.270 e. The Balaban J connectivity index is 2.00. The number of aromatic nitrogens is 4. The van der Waals surface area contributed by atoms with Crippen LogP contribution in [0.25, 0.3) is 0 Å². The number of nitrogen functional groups attached to an aromatic ring is 1. The Kier molecular flexibility index (Phi) is 4.58. The normalized spacial score (nSPS) is 10.8. The van der Waals surface area contributed by atoms with E-state index in [1.54, 1.807) is 0 Å². The summed E-state index contributed by atoms with van der Waals surface area (Å²) in [6, 6.07) is 3.86. The first-order valence-corrected chi connectivity index (χ1v) is 6.12. The molecule has 0 fully saturated rings. The van der Waals surface area contributed by atoms with E-state index in [-0.39, 0.29) is 28.8 Å². The van der Waals surface area contributed by atoms with Crippen molar-refractivity contribution in [2.45, 2.75) is 6.54 Å². The minimum atomic E-state index is -0.563. The summed E-state index contributed by atoms with van der Waals surface area (Å²) in [5, 5.41) is 24.8. The number of nitrogens with zero attached hydrogens (tertiary/aromatic N) is 6. The predicted octanol–water partition coefficient (Wildman–Crippen LogP) is -0.0328. The van der Waals surface area contributed by atoms with Gasteiger partial charge >= 0.3 is 0 Å². The number of carbonyl (C=O) groups is 1. The van der Waals surface area contributed by atoms with Gasteiger partial charge in [0.2, 0.25) is 5.95 Å². The van der Waals surface area contributed by atoms with Gasteiger partial charge in [-0.15, -0.1) is 0 Å². The highest BCUT2D eigenvalue weighted by molar-refractivity contribution is 6.33. The highest BCUT2D eigenvalue weighted by Crippen LogP contribution is 2.20. The van der Waals surface area contributed by atoms with Crippen LogP contribution < -0.4 is 11.2 Å². The number of amides is 1. The summed E-state index contributed by atoms with van der Waals surface area (Å²) in [5.41, 5.74) is 7.75. The number of nitrogens with one attached hydrogen (secondary N) is 1. The number of halogens is 1. The van der Waals surface area contributed by atoms with E-state index >= 15 is 0 Å². The Hall–Kier alpha value is -3.08. The molecule has 22 heavy (non-hydrogen) atoms. The van der Waals surface area contributed by atoms with Gasteiger partial charge in [-0.3, -0.25) is 14.9 Å². The van der Waals surface area contributed by atoms with Crippen LogP contribution in [0.1, 0.15) is 5.56 Å². The van der Waals surface area contributed by atoms with Crippen molar-refractivity contribution in [2.75, 3.05) is 5.73 Å². The largest absolute Gasteiger partial charge is 0.367 e. The summed E-state index contributed by atoms with van der Waals surface area (Å²) in [6.07, 6.45) is 1.19. The standard InChI is InChI=1S/C10H9ClN8O3/c11-8-2-1-7(19(21)22)3-6(8)4-13-14-9(20)5-18-10(12)15-16-17-18/h1-4H,5H2,(H,14,20)(H2,12,15,17)/b13-4-. The molecule has 0 unspecified atom stereocenters. The molecule has 2 rings (SSSR count). The molecule has 0 aliphatic carbocycles. The van der Waals surface area contributed by atoms with E-state index in [1.165, 1.54) is 24.4 Å². The van der Waals surface area contributed by atoms with Crippen LogP contribution in [-0.4, -0.2) is 37.3 Å². The highest BCUT2D eigenvalue weighted by Gasteiger charge is 2.09. The molecular weight excluding hydrogens is 316 g/mol. The van der Waals surface area contributed by atoms with Crippen LogP contribution in [0, 0.1) is 10.1 Å². The SMILES string of the molecule is Nc1nnnn1CC(=O)N/N=C\c1cc([N+](=O)[O-])ccc1Cl. The van der Waals surface area contributed by atoms with E-state index in [1.807, 2.05) is 0 Å². The molecule has 1 aromatic heterocycles. The maximum atomic E-state index is 11.6. The first-order valence-electron chi connectivity index (χ1n) is 5.75. The minimum absolute atomic E-state index is 0.0131. The molecular formula is C10H9ClN8O3. The third-order valence-electron chi connectivity index (χ3n) is 2.44. The van der Waals surface area contributed by atoms with Crippen LogP contribution in [0.2, 0.25) is 5.02 Å². The summed E-state index contributed by atoms with van der Waals surface area (Å²) >= 11 is 5.88. The molecule has 0 radical (unpaired) electrons. The van der Waals surface area contributed by atoms with Gasteiger partial charge in [0, 0.05) is 22.7 Å². The Morgan fingerprint density at radius 1 is 1.59 bits per heavy atom. The molecule has 3 N–H and O–H groups in total. The summed E-state index contributed by atoms with van der Waals surface area (Å²) in [6.45, 7) is -0.223. The number of nitrogens with two attached hydrogens (primary N) is 1. The molecule has 0 atom stereocenters. The number of rotatable bonds is 5. The van der Waals surface area contributed by atoms with Crippen molar-refractivity contribution in [3.05, 3.63) is 38.9 Å². The zero-order valence-corrected chi connectivity index (χ0v) is 11.6. The number of benzene rings is 1.